The third-order valence-electron chi connectivity index (χ3n) is 3.05. The molecule has 2 unspecified atom stereocenters. The summed E-state index contributed by atoms with van der Waals surface area (Å²) >= 11 is 0. The van der Waals surface area contributed by atoms with Gasteiger partial charge in [0.25, 0.3) is 5.91 Å². The van der Waals surface area contributed by atoms with Gasteiger partial charge in [-0.1, -0.05) is 20.8 Å². The van der Waals surface area contributed by atoms with Crippen molar-refractivity contribution in [2.45, 2.75) is 33.1 Å². The van der Waals surface area contributed by atoms with Crippen LogP contribution in [0.4, 0.5) is 0 Å². The Morgan fingerprint density at radius 1 is 1.62 bits per heavy atom. The van der Waals surface area contributed by atoms with Gasteiger partial charge in [0, 0.05) is 12.5 Å². The summed E-state index contributed by atoms with van der Waals surface area (Å²) in [6.07, 6.45) is 1.21. The van der Waals surface area contributed by atoms with E-state index in [1.807, 2.05) is 13.8 Å². The van der Waals surface area contributed by atoms with Crippen molar-refractivity contribution in [1.29, 1.82) is 0 Å². The molecule has 5 heteroatoms. The average Bonchev–Trinajstić information content (AvgIpc) is 2.78. The van der Waals surface area contributed by atoms with Crippen LogP contribution in [0, 0.1) is 11.8 Å². The Labute approximate surface area is 95.0 Å². The first kappa shape index (κ1) is 11.1. The molecular formula is C11H18N4O. The predicted molar refractivity (Wildman–Crippen MR) is 60.1 cm³/mol. The van der Waals surface area contributed by atoms with Gasteiger partial charge in [-0.2, -0.15) is 0 Å². The van der Waals surface area contributed by atoms with E-state index >= 15 is 0 Å². The molecule has 0 saturated heterocycles. The van der Waals surface area contributed by atoms with Crippen molar-refractivity contribution in [3.8, 4) is 0 Å². The minimum Gasteiger partial charge on any atom is -0.349 e. The van der Waals surface area contributed by atoms with Gasteiger partial charge in [0.05, 0.1) is 0 Å². The van der Waals surface area contributed by atoms with Crippen molar-refractivity contribution in [3.63, 3.8) is 0 Å². The zero-order valence-corrected chi connectivity index (χ0v) is 9.95. The molecule has 88 valence electrons. The second kappa shape index (κ2) is 4.23. The fourth-order valence-electron chi connectivity index (χ4n) is 1.62. The van der Waals surface area contributed by atoms with Gasteiger partial charge in [0.2, 0.25) is 5.82 Å². The maximum absolute atomic E-state index is 11.7. The summed E-state index contributed by atoms with van der Waals surface area (Å²) in [5.41, 5.74) is 0. The van der Waals surface area contributed by atoms with Crippen LogP contribution in [-0.4, -0.2) is 27.6 Å². The molecule has 1 heterocycles. The molecule has 0 bridgehead atoms. The van der Waals surface area contributed by atoms with Crippen molar-refractivity contribution in [1.82, 2.24) is 20.5 Å². The Bertz CT molecular complexity index is 385. The summed E-state index contributed by atoms with van der Waals surface area (Å²) in [5, 5.41) is 9.54. The number of carbonyl (C=O) groups is 1. The number of aromatic nitrogens is 3. The number of carbonyl (C=O) groups excluding carboxylic acids is 1. The lowest BCUT2D eigenvalue weighted by Gasteiger charge is -2.00. The SMILES string of the molecule is CC(C)c1nc(C(=O)NCC2CC2C)n[nH]1. The van der Waals surface area contributed by atoms with Crippen LogP contribution >= 0.6 is 0 Å². The third-order valence-corrected chi connectivity index (χ3v) is 3.05. The summed E-state index contributed by atoms with van der Waals surface area (Å²) in [6, 6.07) is 0. The van der Waals surface area contributed by atoms with E-state index in [1.165, 1.54) is 6.42 Å². The average molecular weight is 222 g/mol. The highest BCUT2D eigenvalue weighted by Crippen LogP contribution is 2.36. The highest BCUT2D eigenvalue weighted by Gasteiger charge is 2.32. The van der Waals surface area contributed by atoms with Crippen LogP contribution in [0.2, 0.25) is 0 Å². The maximum atomic E-state index is 11.7. The van der Waals surface area contributed by atoms with E-state index in [1.54, 1.807) is 0 Å². The molecule has 0 spiro atoms. The van der Waals surface area contributed by atoms with Crippen LogP contribution in [-0.2, 0) is 0 Å². The molecule has 1 aromatic heterocycles. The summed E-state index contributed by atoms with van der Waals surface area (Å²) in [7, 11) is 0. The minimum atomic E-state index is -0.178. The van der Waals surface area contributed by atoms with Gasteiger partial charge in [0.1, 0.15) is 5.82 Å². The molecule has 5 nitrogen and oxygen atoms in total. The molecule has 1 fully saturated rings. The van der Waals surface area contributed by atoms with E-state index in [0.29, 0.717) is 5.92 Å². The number of aromatic amines is 1. The highest BCUT2D eigenvalue weighted by molar-refractivity contribution is 5.90. The molecular weight excluding hydrogens is 204 g/mol. The highest BCUT2D eigenvalue weighted by atomic mass is 16.2. The summed E-state index contributed by atoms with van der Waals surface area (Å²) < 4.78 is 0. The van der Waals surface area contributed by atoms with E-state index in [0.717, 1.165) is 18.3 Å². The van der Waals surface area contributed by atoms with Gasteiger partial charge in [-0.25, -0.2) is 4.98 Å². The third kappa shape index (κ3) is 2.40. The van der Waals surface area contributed by atoms with Gasteiger partial charge in [-0.05, 0) is 18.3 Å². The topological polar surface area (TPSA) is 70.7 Å². The first-order valence-electron chi connectivity index (χ1n) is 5.78. The molecule has 2 rings (SSSR count). The van der Waals surface area contributed by atoms with Gasteiger partial charge in [-0.15, -0.1) is 5.10 Å². The van der Waals surface area contributed by atoms with Gasteiger partial charge < -0.3 is 5.32 Å². The molecule has 1 aliphatic carbocycles. The minimum absolute atomic E-state index is 0.178. The first-order valence-corrected chi connectivity index (χ1v) is 5.78. The summed E-state index contributed by atoms with van der Waals surface area (Å²) in [6.45, 7) is 6.95. The smallest absolute Gasteiger partial charge is 0.290 e. The fraction of sp³-hybridized carbons (Fsp3) is 0.727. The summed E-state index contributed by atoms with van der Waals surface area (Å²) in [4.78, 5) is 15.8. The van der Waals surface area contributed by atoms with Crippen molar-refractivity contribution < 1.29 is 4.79 Å². The first-order chi connectivity index (χ1) is 7.58. The molecule has 0 radical (unpaired) electrons. The monoisotopic (exact) mass is 222 g/mol. The Kier molecular flexibility index (Phi) is 2.94. The molecule has 16 heavy (non-hydrogen) atoms. The van der Waals surface area contributed by atoms with Crippen LogP contribution in [0.3, 0.4) is 0 Å². The predicted octanol–water partition coefficient (Wildman–Crippen LogP) is 1.31. The lowest BCUT2D eigenvalue weighted by molar-refractivity contribution is 0.0941. The van der Waals surface area contributed by atoms with Gasteiger partial charge in [0.15, 0.2) is 0 Å². The van der Waals surface area contributed by atoms with E-state index in [2.05, 4.69) is 27.4 Å². The molecule has 2 N–H and O–H groups in total. The molecule has 1 amide bonds. The van der Waals surface area contributed by atoms with Crippen LogP contribution < -0.4 is 5.32 Å². The number of rotatable bonds is 4. The Morgan fingerprint density at radius 2 is 2.31 bits per heavy atom. The molecule has 2 atom stereocenters. The van der Waals surface area contributed by atoms with E-state index in [9.17, 15) is 4.79 Å². The zero-order chi connectivity index (χ0) is 11.7. The quantitative estimate of drug-likeness (QED) is 0.807. The molecule has 1 aliphatic rings. The number of amides is 1. The fourth-order valence-corrected chi connectivity index (χ4v) is 1.62. The largest absolute Gasteiger partial charge is 0.349 e. The maximum Gasteiger partial charge on any atom is 0.290 e. The van der Waals surface area contributed by atoms with Gasteiger partial charge >= 0.3 is 0 Å². The Balaban J connectivity index is 1.87. The Morgan fingerprint density at radius 3 is 2.81 bits per heavy atom. The Hall–Kier alpha value is -1.39. The standard InChI is InChI=1S/C11H18N4O/c1-6(2)9-13-10(15-14-9)11(16)12-5-8-4-7(8)3/h6-8H,4-5H2,1-3H3,(H,12,16)(H,13,14,15). The molecule has 1 aromatic rings. The number of nitrogens with one attached hydrogen (secondary N) is 2. The van der Waals surface area contributed by atoms with Gasteiger partial charge in [-0.3, -0.25) is 9.89 Å². The zero-order valence-electron chi connectivity index (χ0n) is 9.95. The number of H-pyrrole nitrogens is 1. The summed E-state index contributed by atoms with van der Waals surface area (Å²) in [5.74, 6) is 2.48. The van der Waals surface area contributed by atoms with E-state index in [-0.39, 0.29) is 17.6 Å². The molecule has 1 saturated carbocycles. The normalized spacial score (nSPS) is 23.5. The van der Waals surface area contributed by atoms with Crippen molar-refractivity contribution in [3.05, 3.63) is 11.6 Å². The second-order valence-corrected chi connectivity index (χ2v) is 4.88. The molecule has 0 aromatic carbocycles. The van der Waals surface area contributed by atoms with Crippen LogP contribution in [0.1, 0.15) is 49.6 Å². The van der Waals surface area contributed by atoms with Crippen LogP contribution in [0.15, 0.2) is 0 Å². The van der Waals surface area contributed by atoms with Crippen molar-refractivity contribution in [2.24, 2.45) is 11.8 Å². The number of hydrogen-bond donors (Lipinski definition) is 2. The lowest BCUT2D eigenvalue weighted by atomic mass is 10.2. The lowest BCUT2D eigenvalue weighted by Crippen LogP contribution is -2.27. The molecule has 0 aliphatic heterocycles. The second-order valence-electron chi connectivity index (χ2n) is 4.88. The number of nitrogens with zero attached hydrogens (tertiary/aromatic N) is 2. The van der Waals surface area contributed by atoms with E-state index < -0.39 is 0 Å². The number of hydrogen-bond acceptors (Lipinski definition) is 3. The van der Waals surface area contributed by atoms with Crippen LogP contribution in [0.25, 0.3) is 0 Å². The van der Waals surface area contributed by atoms with Crippen molar-refractivity contribution in [2.75, 3.05) is 6.54 Å². The van der Waals surface area contributed by atoms with E-state index in [4.69, 9.17) is 0 Å². The van der Waals surface area contributed by atoms with Crippen LogP contribution in [0.5, 0.6) is 0 Å². The van der Waals surface area contributed by atoms with Crippen molar-refractivity contribution >= 4 is 5.91 Å².